The monoisotopic (exact) mass is 383 g/mol. The summed E-state index contributed by atoms with van der Waals surface area (Å²) >= 11 is 0. The minimum Gasteiger partial charge on any atom is -0.489 e. The molecule has 0 unspecified atom stereocenters. The van der Waals surface area contributed by atoms with Gasteiger partial charge in [0, 0.05) is 6.54 Å². The molecule has 0 atom stereocenters. The van der Waals surface area contributed by atoms with Crippen LogP contribution >= 0.6 is 0 Å². The van der Waals surface area contributed by atoms with Crippen molar-refractivity contribution in [3.05, 3.63) is 89.2 Å². The van der Waals surface area contributed by atoms with Crippen molar-refractivity contribution in [2.75, 3.05) is 0 Å². The second kappa shape index (κ2) is 7.13. The van der Waals surface area contributed by atoms with Gasteiger partial charge in [0.1, 0.15) is 18.2 Å². The van der Waals surface area contributed by atoms with E-state index in [9.17, 15) is 12.8 Å². The van der Waals surface area contributed by atoms with Gasteiger partial charge in [0.05, 0.1) is 5.75 Å². The molecule has 6 heteroatoms. The van der Waals surface area contributed by atoms with Crippen LogP contribution in [-0.2, 0) is 28.9 Å². The lowest BCUT2D eigenvalue weighted by Gasteiger charge is -2.20. The predicted molar refractivity (Wildman–Crippen MR) is 102 cm³/mol. The molecule has 4 rings (SSSR count). The Morgan fingerprint density at radius 2 is 1.78 bits per heavy atom. The van der Waals surface area contributed by atoms with Gasteiger partial charge in [0.25, 0.3) is 0 Å². The van der Waals surface area contributed by atoms with Crippen LogP contribution in [0.25, 0.3) is 11.1 Å². The van der Waals surface area contributed by atoms with Crippen LogP contribution in [0.3, 0.4) is 0 Å². The molecule has 0 saturated carbocycles. The molecule has 0 spiro atoms. The molecule has 0 aliphatic carbocycles. The normalized spacial score (nSPS) is 15.1. The van der Waals surface area contributed by atoms with Crippen molar-refractivity contribution < 1.29 is 17.5 Å². The lowest BCUT2D eigenvalue weighted by atomic mass is 9.96. The number of hydrogen-bond donors (Lipinski definition) is 1. The maximum absolute atomic E-state index is 13.2. The Hall–Kier alpha value is -2.70. The lowest BCUT2D eigenvalue weighted by Crippen LogP contribution is -2.30. The molecule has 1 N–H and O–H groups in total. The molecular weight excluding hydrogens is 365 g/mol. The Balaban J connectivity index is 1.55. The van der Waals surface area contributed by atoms with Crippen molar-refractivity contribution in [3.63, 3.8) is 0 Å². The van der Waals surface area contributed by atoms with Crippen LogP contribution in [0, 0.1) is 5.82 Å². The van der Waals surface area contributed by atoms with Crippen LogP contribution in [0.5, 0.6) is 5.75 Å². The van der Waals surface area contributed by atoms with E-state index in [1.165, 1.54) is 12.1 Å². The van der Waals surface area contributed by atoms with Gasteiger partial charge in [-0.05, 0) is 52.1 Å². The first-order chi connectivity index (χ1) is 13.0. The highest BCUT2D eigenvalue weighted by Crippen LogP contribution is 2.31. The number of sulfonamides is 1. The summed E-state index contributed by atoms with van der Waals surface area (Å²) in [4.78, 5) is 0. The summed E-state index contributed by atoms with van der Waals surface area (Å²) in [7, 11) is -3.28. The van der Waals surface area contributed by atoms with Crippen molar-refractivity contribution in [1.82, 2.24) is 4.72 Å². The van der Waals surface area contributed by atoms with Crippen LogP contribution in [0.1, 0.15) is 16.7 Å². The third-order valence-electron chi connectivity index (χ3n) is 4.55. The van der Waals surface area contributed by atoms with Gasteiger partial charge in [-0.1, -0.05) is 42.5 Å². The number of nitrogens with one attached hydrogen (secondary N) is 1. The van der Waals surface area contributed by atoms with Gasteiger partial charge in [-0.25, -0.2) is 17.5 Å². The first-order valence-corrected chi connectivity index (χ1v) is 10.2. The van der Waals surface area contributed by atoms with Crippen molar-refractivity contribution in [3.8, 4) is 16.9 Å². The average molecular weight is 383 g/mol. The van der Waals surface area contributed by atoms with Crippen molar-refractivity contribution >= 4 is 10.0 Å². The summed E-state index contributed by atoms with van der Waals surface area (Å²) in [6.07, 6.45) is 0. The highest BCUT2D eigenvalue weighted by Gasteiger charge is 2.23. The van der Waals surface area contributed by atoms with E-state index in [1.54, 1.807) is 6.07 Å². The molecule has 1 aliphatic rings. The maximum Gasteiger partial charge on any atom is 0.216 e. The Labute approximate surface area is 157 Å². The van der Waals surface area contributed by atoms with Crippen molar-refractivity contribution in [2.45, 2.75) is 18.9 Å². The summed E-state index contributed by atoms with van der Waals surface area (Å²) in [6.45, 7) is 0.599. The van der Waals surface area contributed by atoms with E-state index in [2.05, 4.69) is 4.72 Å². The van der Waals surface area contributed by atoms with E-state index in [1.807, 2.05) is 48.5 Å². The summed E-state index contributed by atoms with van der Waals surface area (Å²) in [5.41, 5.74) is 4.43. The molecule has 3 aromatic rings. The number of rotatable bonds is 4. The fourth-order valence-corrected chi connectivity index (χ4v) is 4.39. The fraction of sp³-hybridized carbons (Fsp3) is 0.143. The number of fused-ring (bicyclic) bond motifs is 1. The van der Waals surface area contributed by atoms with Crippen LogP contribution < -0.4 is 9.46 Å². The zero-order chi connectivity index (χ0) is 18.9. The van der Waals surface area contributed by atoms with Gasteiger partial charge in [-0.2, -0.15) is 0 Å². The topological polar surface area (TPSA) is 55.4 Å². The molecule has 0 fully saturated rings. The van der Waals surface area contributed by atoms with Crippen LogP contribution in [-0.4, -0.2) is 8.42 Å². The smallest absolute Gasteiger partial charge is 0.216 e. The summed E-state index contributed by atoms with van der Waals surface area (Å²) in [6, 6.07) is 19.6. The first kappa shape index (κ1) is 17.7. The Morgan fingerprint density at radius 3 is 2.56 bits per heavy atom. The van der Waals surface area contributed by atoms with Gasteiger partial charge in [0.15, 0.2) is 0 Å². The molecule has 0 saturated heterocycles. The summed E-state index contributed by atoms with van der Waals surface area (Å²) in [5, 5.41) is 0. The second-order valence-corrected chi connectivity index (χ2v) is 8.27. The molecule has 0 aromatic heterocycles. The molecule has 3 aromatic carbocycles. The molecule has 27 heavy (non-hydrogen) atoms. The Kier molecular flexibility index (Phi) is 4.68. The SMILES string of the molecule is O=S1(=O)Cc2c(cccc2-c2ccc(OCc3cccc(F)c3)cc2)CN1. The van der Waals surface area contributed by atoms with Crippen LogP contribution in [0.4, 0.5) is 4.39 Å². The molecule has 138 valence electrons. The number of halogens is 1. The lowest BCUT2D eigenvalue weighted by molar-refractivity contribution is 0.305. The maximum atomic E-state index is 13.2. The first-order valence-electron chi connectivity index (χ1n) is 8.56. The third kappa shape index (κ3) is 4.02. The quantitative estimate of drug-likeness (QED) is 0.741. The zero-order valence-electron chi connectivity index (χ0n) is 14.5. The van der Waals surface area contributed by atoms with Gasteiger partial charge >= 0.3 is 0 Å². The molecule has 0 bridgehead atoms. The highest BCUT2D eigenvalue weighted by molar-refractivity contribution is 7.88. The van der Waals surface area contributed by atoms with E-state index in [4.69, 9.17) is 4.74 Å². The Morgan fingerprint density at radius 1 is 1.00 bits per heavy atom. The van der Waals surface area contributed by atoms with Crippen LogP contribution in [0.2, 0.25) is 0 Å². The molecule has 0 radical (unpaired) electrons. The van der Waals surface area contributed by atoms with Gasteiger partial charge in [-0.3, -0.25) is 0 Å². The average Bonchev–Trinajstić information content (AvgIpc) is 2.66. The molecule has 1 heterocycles. The number of benzene rings is 3. The second-order valence-electron chi connectivity index (χ2n) is 6.47. The largest absolute Gasteiger partial charge is 0.489 e. The van der Waals surface area contributed by atoms with E-state index >= 15 is 0 Å². The summed E-state index contributed by atoms with van der Waals surface area (Å²) in [5.74, 6) is 0.364. The standard InChI is InChI=1S/C21H18FNO3S/c22-18-5-1-3-15(11-18)13-26-19-9-7-16(8-10-19)20-6-2-4-17-12-23-27(24,25)14-21(17)20/h1-11,23H,12-14H2. The van der Waals surface area contributed by atoms with Gasteiger partial charge in [0.2, 0.25) is 10.0 Å². The highest BCUT2D eigenvalue weighted by atomic mass is 32.2. The van der Waals surface area contributed by atoms with Gasteiger partial charge in [-0.15, -0.1) is 0 Å². The van der Waals surface area contributed by atoms with E-state index < -0.39 is 10.0 Å². The molecule has 4 nitrogen and oxygen atoms in total. The summed E-state index contributed by atoms with van der Waals surface area (Å²) < 4.78 is 45.4. The molecule has 1 aliphatic heterocycles. The van der Waals surface area contributed by atoms with Crippen LogP contribution in [0.15, 0.2) is 66.7 Å². The minimum atomic E-state index is -3.28. The van der Waals surface area contributed by atoms with Gasteiger partial charge < -0.3 is 4.74 Å². The number of hydrogen-bond acceptors (Lipinski definition) is 3. The molecule has 0 amide bonds. The zero-order valence-corrected chi connectivity index (χ0v) is 15.3. The third-order valence-corrected chi connectivity index (χ3v) is 5.80. The van der Waals surface area contributed by atoms with E-state index in [0.29, 0.717) is 12.3 Å². The predicted octanol–water partition coefficient (Wildman–Crippen LogP) is 4.00. The number of ether oxygens (including phenoxy) is 1. The fourth-order valence-electron chi connectivity index (χ4n) is 3.19. The Bertz CT molecular complexity index is 1080. The van der Waals surface area contributed by atoms with Crippen molar-refractivity contribution in [2.24, 2.45) is 0 Å². The molecular formula is C21H18FNO3S. The van der Waals surface area contributed by atoms with E-state index in [-0.39, 0.29) is 18.2 Å². The minimum absolute atomic E-state index is 0.0175. The van der Waals surface area contributed by atoms with E-state index in [0.717, 1.165) is 27.8 Å². The van der Waals surface area contributed by atoms with Crippen molar-refractivity contribution in [1.29, 1.82) is 0 Å².